The lowest BCUT2D eigenvalue weighted by Crippen LogP contribution is -2.20. The van der Waals surface area contributed by atoms with Crippen molar-refractivity contribution in [2.24, 2.45) is 5.41 Å². The van der Waals surface area contributed by atoms with Gasteiger partial charge in [-0.15, -0.1) is 0 Å². The highest BCUT2D eigenvalue weighted by atomic mass is 16.5. The summed E-state index contributed by atoms with van der Waals surface area (Å²) in [5.74, 6) is 0. The first-order valence-electron chi connectivity index (χ1n) is 8.99. The van der Waals surface area contributed by atoms with Gasteiger partial charge < -0.3 is 4.74 Å². The molecule has 0 saturated heterocycles. The third-order valence-electron chi connectivity index (χ3n) is 5.09. The molecule has 1 nitrogen and oxygen atoms in total. The molecule has 0 aliphatic heterocycles. The van der Waals surface area contributed by atoms with Crippen molar-refractivity contribution in [3.63, 3.8) is 0 Å². The topological polar surface area (TPSA) is 9.23 Å². The van der Waals surface area contributed by atoms with E-state index < -0.39 is 0 Å². The fourth-order valence-electron chi connectivity index (χ4n) is 3.63. The molecular weight excluding hydrogens is 280 g/mol. The molecular formula is C22H32O. The van der Waals surface area contributed by atoms with E-state index in [1.807, 2.05) is 6.26 Å². The Bertz CT molecular complexity index is 549. The van der Waals surface area contributed by atoms with Gasteiger partial charge in [-0.1, -0.05) is 55.3 Å². The molecule has 1 aliphatic carbocycles. The Morgan fingerprint density at radius 1 is 1.17 bits per heavy atom. The molecule has 1 aliphatic rings. The molecule has 0 heterocycles. The third kappa shape index (κ3) is 5.57. The zero-order chi connectivity index (χ0) is 16.7. The largest absolute Gasteiger partial charge is 0.501 e. The summed E-state index contributed by atoms with van der Waals surface area (Å²) in [6.45, 7) is 10.1. The lowest BCUT2D eigenvalue weighted by Gasteiger charge is -2.34. The van der Waals surface area contributed by atoms with Crippen molar-refractivity contribution in [3.05, 3.63) is 58.9 Å². The molecule has 0 aromatic heterocycles. The highest BCUT2D eigenvalue weighted by Crippen LogP contribution is 2.42. The highest BCUT2D eigenvalue weighted by Gasteiger charge is 2.27. The van der Waals surface area contributed by atoms with E-state index in [-0.39, 0.29) is 0 Å². The van der Waals surface area contributed by atoms with Crippen LogP contribution in [0.4, 0.5) is 0 Å². The summed E-state index contributed by atoms with van der Waals surface area (Å²) in [6, 6.07) is 10.5. The molecule has 0 amide bonds. The second kappa shape index (κ2) is 8.38. The minimum absolute atomic E-state index is 0.386. The van der Waals surface area contributed by atoms with Crippen LogP contribution in [0.1, 0.15) is 65.4 Å². The average Bonchev–Trinajstić information content (AvgIpc) is 2.51. The normalized spacial score (nSPS) is 18.2. The first-order valence-corrected chi connectivity index (χ1v) is 8.99. The van der Waals surface area contributed by atoms with Gasteiger partial charge in [-0.2, -0.15) is 0 Å². The first kappa shape index (κ1) is 17.8. The predicted molar refractivity (Wildman–Crippen MR) is 99.4 cm³/mol. The van der Waals surface area contributed by atoms with Gasteiger partial charge in [0.25, 0.3) is 0 Å². The Morgan fingerprint density at radius 2 is 1.91 bits per heavy atom. The maximum Gasteiger partial charge on any atom is 0.0913 e. The monoisotopic (exact) mass is 312 g/mol. The number of allylic oxidation sites excluding steroid dienone is 3. The van der Waals surface area contributed by atoms with Crippen LogP contribution in [-0.4, -0.2) is 6.61 Å². The maximum atomic E-state index is 5.74. The van der Waals surface area contributed by atoms with E-state index in [1.165, 1.54) is 36.8 Å². The van der Waals surface area contributed by atoms with Crippen LogP contribution in [0.25, 0.3) is 0 Å². The van der Waals surface area contributed by atoms with Crippen molar-refractivity contribution in [2.45, 2.75) is 66.2 Å². The standard InChI is InChI=1S/C22H32O/c1-18(17-23-16-14-20-10-6-5-7-11-20)12-13-21-19(2)9-8-15-22(21,3)4/h5-7,10-11,17H,8-9,12-16H2,1-4H3/b18-17+. The van der Waals surface area contributed by atoms with E-state index in [9.17, 15) is 0 Å². The maximum absolute atomic E-state index is 5.74. The predicted octanol–water partition coefficient (Wildman–Crippen LogP) is 6.46. The minimum Gasteiger partial charge on any atom is -0.501 e. The van der Waals surface area contributed by atoms with Crippen molar-refractivity contribution in [3.8, 4) is 0 Å². The zero-order valence-corrected chi connectivity index (χ0v) is 15.3. The van der Waals surface area contributed by atoms with Crippen LogP contribution in [0.3, 0.4) is 0 Å². The quantitative estimate of drug-likeness (QED) is 0.319. The molecule has 2 rings (SSSR count). The van der Waals surface area contributed by atoms with Crippen LogP contribution in [-0.2, 0) is 11.2 Å². The second-order valence-electron chi connectivity index (χ2n) is 7.57. The van der Waals surface area contributed by atoms with Gasteiger partial charge in [0, 0.05) is 6.42 Å². The number of rotatable bonds is 7. The first-order chi connectivity index (χ1) is 11.0. The van der Waals surface area contributed by atoms with Crippen LogP contribution < -0.4 is 0 Å². The van der Waals surface area contributed by atoms with Crippen LogP contribution >= 0.6 is 0 Å². The Morgan fingerprint density at radius 3 is 2.61 bits per heavy atom. The summed E-state index contributed by atoms with van der Waals surface area (Å²) in [5.41, 5.74) is 6.37. The molecule has 1 aromatic rings. The second-order valence-corrected chi connectivity index (χ2v) is 7.57. The number of hydrogen-bond donors (Lipinski definition) is 0. The van der Waals surface area contributed by atoms with Gasteiger partial charge in [-0.05, 0) is 62.5 Å². The van der Waals surface area contributed by atoms with Gasteiger partial charge in [-0.3, -0.25) is 0 Å². The van der Waals surface area contributed by atoms with Gasteiger partial charge in [-0.25, -0.2) is 0 Å². The summed E-state index contributed by atoms with van der Waals surface area (Å²) < 4.78 is 5.74. The van der Waals surface area contributed by atoms with Gasteiger partial charge in [0.1, 0.15) is 0 Å². The van der Waals surface area contributed by atoms with Gasteiger partial charge in [0.2, 0.25) is 0 Å². The van der Waals surface area contributed by atoms with Gasteiger partial charge in [0.05, 0.1) is 12.9 Å². The Hall–Kier alpha value is -1.50. The summed E-state index contributed by atoms with van der Waals surface area (Å²) in [5, 5.41) is 0. The van der Waals surface area contributed by atoms with Crippen LogP contribution in [0, 0.1) is 5.41 Å². The lowest BCUT2D eigenvalue weighted by molar-refractivity contribution is 0.249. The van der Waals surface area contributed by atoms with E-state index in [1.54, 1.807) is 11.1 Å². The minimum atomic E-state index is 0.386. The van der Waals surface area contributed by atoms with Crippen LogP contribution in [0.2, 0.25) is 0 Å². The molecule has 0 N–H and O–H groups in total. The van der Waals surface area contributed by atoms with Gasteiger partial charge in [0.15, 0.2) is 0 Å². The number of hydrogen-bond acceptors (Lipinski definition) is 1. The molecule has 0 radical (unpaired) electrons. The molecule has 0 saturated carbocycles. The Kier molecular flexibility index (Phi) is 6.50. The summed E-state index contributed by atoms with van der Waals surface area (Å²) >= 11 is 0. The van der Waals surface area contributed by atoms with E-state index in [0.717, 1.165) is 19.4 Å². The molecule has 0 spiro atoms. The molecule has 23 heavy (non-hydrogen) atoms. The average molecular weight is 312 g/mol. The van der Waals surface area contributed by atoms with Crippen molar-refractivity contribution >= 4 is 0 Å². The lowest BCUT2D eigenvalue weighted by atomic mass is 9.71. The molecule has 1 aromatic carbocycles. The van der Waals surface area contributed by atoms with Gasteiger partial charge >= 0.3 is 0 Å². The molecule has 0 atom stereocenters. The van der Waals surface area contributed by atoms with E-state index in [0.29, 0.717) is 5.41 Å². The molecule has 0 unspecified atom stereocenters. The molecule has 126 valence electrons. The third-order valence-corrected chi connectivity index (χ3v) is 5.09. The summed E-state index contributed by atoms with van der Waals surface area (Å²) in [7, 11) is 0. The van der Waals surface area contributed by atoms with Crippen LogP contribution in [0.15, 0.2) is 53.3 Å². The fraction of sp³-hybridized carbons (Fsp3) is 0.545. The molecule has 0 bridgehead atoms. The van der Waals surface area contributed by atoms with E-state index in [2.05, 4.69) is 58.0 Å². The van der Waals surface area contributed by atoms with E-state index in [4.69, 9.17) is 4.74 Å². The van der Waals surface area contributed by atoms with Crippen molar-refractivity contribution in [1.29, 1.82) is 0 Å². The fourth-order valence-corrected chi connectivity index (χ4v) is 3.63. The Labute approximate surface area is 142 Å². The SMILES string of the molecule is CC1=C(CC/C(C)=C/OCCc2ccccc2)C(C)(C)CCC1. The summed E-state index contributed by atoms with van der Waals surface area (Å²) in [4.78, 5) is 0. The smallest absolute Gasteiger partial charge is 0.0913 e. The van der Waals surface area contributed by atoms with E-state index >= 15 is 0 Å². The molecule has 1 heteroatoms. The van der Waals surface area contributed by atoms with Crippen molar-refractivity contribution in [1.82, 2.24) is 0 Å². The number of benzene rings is 1. The number of ether oxygens (including phenoxy) is 1. The summed E-state index contributed by atoms with van der Waals surface area (Å²) in [6.07, 6.45) is 9.20. The van der Waals surface area contributed by atoms with Crippen molar-refractivity contribution < 1.29 is 4.74 Å². The van der Waals surface area contributed by atoms with Crippen LogP contribution in [0.5, 0.6) is 0 Å². The highest BCUT2D eigenvalue weighted by molar-refractivity contribution is 5.23. The molecule has 0 fully saturated rings. The Balaban J connectivity index is 1.77. The van der Waals surface area contributed by atoms with Crippen molar-refractivity contribution in [2.75, 3.05) is 6.61 Å². The zero-order valence-electron chi connectivity index (χ0n) is 15.3.